The Kier molecular flexibility index (Phi) is 5.17. The van der Waals surface area contributed by atoms with Gasteiger partial charge in [0.25, 0.3) is 5.69 Å². The Morgan fingerprint density at radius 2 is 1.92 bits per heavy atom. The van der Waals surface area contributed by atoms with Crippen molar-refractivity contribution in [1.82, 2.24) is 0 Å². The lowest BCUT2D eigenvalue weighted by molar-refractivity contribution is -0.385. The van der Waals surface area contributed by atoms with Crippen molar-refractivity contribution in [2.75, 3.05) is 0 Å². The third kappa shape index (κ3) is 4.07. The van der Waals surface area contributed by atoms with E-state index in [9.17, 15) is 23.3 Å². The number of carbonyl (C=O) groups excluding carboxylic acids is 1. The first-order chi connectivity index (χ1) is 11.2. The molecule has 8 nitrogen and oxygen atoms in total. The van der Waals surface area contributed by atoms with Crippen molar-refractivity contribution in [3.63, 3.8) is 0 Å². The highest BCUT2D eigenvalue weighted by molar-refractivity contribution is 7.89. The van der Waals surface area contributed by atoms with Gasteiger partial charge in [0.05, 0.1) is 26.0 Å². The third-order valence-electron chi connectivity index (χ3n) is 3.03. The molecular formula is C14H11ClN2O6S. The zero-order valence-electron chi connectivity index (χ0n) is 12.0. The number of halogens is 1. The first kappa shape index (κ1) is 17.9. The van der Waals surface area contributed by atoms with E-state index in [0.29, 0.717) is 0 Å². The Labute approximate surface area is 142 Å². The van der Waals surface area contributed by atoms with Crippen LogP contribution >= 0.6 is 11.6 Å². The van der Waals surface area contributed by atoms with Crippen molar-refractivity contribution >= 4 is 33.3 Å². The summed E-state index contributed by atoms with van der Waals surface area (Å²) >= 11 is 5.86. The molecule has 0 aromatic heterocycles. The van der Waals surface area contributed by atoms with Gasteiger partial charge in [-0.1, -0.05) is 23.7 Å². The summed E-state index contributed by atoms with van der Waals surface area (Å²) in [5.74, 6) is -0.927. The summed E-state index contributed by atoms with van der Waals surface area (Å²) in [7, 11) is -4.02. The van der Waals surface area contributed by atoms with Crippen molar-refractivity contribution in [3.8, 4) is 0 Å². The normalized spacial score (nSPS) is 11.1. The summed E-state index contributed by atoms with van der Waals surface area (Å²) in [6.45, 7) is -0.369. The molecule has 0 heterocycles. The third-order valence-corrected chi connectivity index (χ3v) is 4.27. The second-order valence-electron chi connectivity index (χ2n) is 4.65. The minimum absolute atomic E-state index is 0.0324. The van der Waals surface area contributed by atoms with Crippen LogP contribution in [-0.4, -0.2) is 19.3 Å². The number of benzene rings is 2. The van der Waals surface area contributed by atoms with Gasteiger partial charge in [-0.05, 0) is 24.3 Å². The van der Waals surface area contributed by atoms with Crippen molar-refractivity contribution < 1.29 is 22.9 Å². The number of nitro groups is 1. The lowest BCUT2D eigenvalue weighted by atomic mass is 10.2. The topological polar surface area (TPSA) is 130 Å². The van der Waals surface area contributed by atoms with Crippen molar-refractivity contribution in [2.24, 2.45) is 5.14 Å². The molecule has 0 aliphatic heterocycles. The van der Waals surface area contributed by atoms with Gasteiger partial charge < -0.3 is 4.74 Å². The maximum absolute atomic E-state index is 12.1. The Hall–Kier alpha value is -2.49. The lowest BCUT2D eigenvalue weighted by Crippen LogP contribution is -2.14. The Bertz CT molecular complexity index is 913. The Balaban J connectivity index is 2.24. The molecule has 24 heavy (non-hydrogen) atoms. The molecule has 0 saturated carbocycles. The molecule has 0 bridgehead atoms. The molecule has 0 radical (unpaired) electrons. The molecule has 0 saturated heterocycles. The number of nitro benzene ring substituents is 1. The maximum atomic E-state index is 12.1. The van der Waals surface area contributed by atoms with Crippen LogP contribution in [0.4, 0.5) is 5.69 Å². The zero-order chi connectivity index (χ0) is 17.9. The molecule has 0 atom stereocenters. The van der Waals surface area contributed by atoms with E-state index in [2.05, 4.69) is 0 Å². The predicted molar refractivity (Wildman–Crippen MR) is 85.0 cm³/mol. The molecule has 0 unspecified atom stereocenters. The number of hydrogen-bond acceptors (Lipinski definition) is 6. The largest absolute Gasteiger partial charge is 0.457 e. The summed E-state index contributed by atoms with van der Waals surface area (Å²) in [5, 5.41) is 15.9. The molecule has 2 N–H and O–H groups in total. The molecule has 126 valence electrons. The van der Waals surface area contributed by atoms with Crippen LogP contribution < -0.4 is 5.14 Å². The number of hydrogen-bond donors (Lipinski definition) is 1. The summed E-state index contributed by atoms with van der Waals surface area (Å²) in [6, 6.07) is 9.09. The zero-order valence-corrected chi connectivity index (χ0v) is 13.6. The molecule has 10 heteroatoms. The van der Waals surface area contributed by atoms with E-state index in [1.807, 2.05) is 0 Å². The summed E-state index contributed by atoms with van der Waals surface area (Å²) in [4.78, 5) is 22.1. The first-order valence-corrected chi connectivity index (χ1v) is 8.34. The highest BCUT2D eigenvalue weighted by Crippen LogP contribution is 2.23. The van der Waals surface area contributed by atoms with Gasteiger partial charge in [-0.25, -0.2) is 18.4 Å². The van der Waals surface area contributed by atoms with Crippen LogP contribution in [-0.2, 0) is 21.4 Å². The molecule has 2 aromatic carbocycles. The smallest absolute Gasteiger partial charge is 0.340 e. The van der Waals surface area contributed by atoms with E-state index in [1.165, 1.54) is 24.3 Å². The van der Waals surface area contributed by atoms with Crippen LogP contribution in [0.2, 0.25) is 5.02 Å². The summed E-state index contributed by atoms with van der Waals surface area (Å²) < 4.78 is 27.6. The number of ether oxygens (including phenoxy) is 1. The second kappa shape index (κ2) is 6.95. The number of nitrogens with zero attached hydrogens (tertiary/aromatic N) is 1. The minimum Gasteiger partial charge on any atom is -0.457 e. The summed E-state index contributed by atoms with van der Waals surface area (Å²) in [5.41, 5.74) is -0.217. The van der Waals surface area contributed by atoms with E-state index in [-0.39, 0.29) is 33.3 Å². The lowest BCUT2D eigenvalue weighted by Gasteiger charge is -2.08. The van der Waals surface area contributed by atoms with Gasteiger partial charge in [0.1, 0.15) is 6.61 Å². The minimum atomic E-state index is -4.02. The van der Waals surface area contributed by atoms with Gasteiger partial charge >= 0.3 is 5.97 Å². The average Bonchev–Trinajstić information content (AvgIpc) is 2.52. The SMILES string of the molecule is NS(=O)(=O)c1ccc(Cl)c(C(=O)OCc2ccccc2[N+](=O)[O-])c1. The number of primary sulfonamides is 1. The van der Waals surface area contributed by atoms with Crippen LogP contribution in [0.1, 0.15) is 15.9 Å². The van der Waals surface area contributed by atoms with Crippen LogP contribution in [0.5, 0.6) is 0 Å². The molecular weight excluding hydrogens is 360 g/mol. The van der Waals surface area contributed by atoms with Crippen LogP contribution in [0.15, 0.2) is 47.4 Å². The molecule has 0 amide bonds. The molecule has 2 rings (SSSR count). The molecule has 2 aromatic rings. The van der Waals surface area contributed by atoms with Gasteiger partial charge in [-0.3, -0.25) is 10.1 Å². The van der Waals surface area contributed by atoms with Crippen LogP contribution in [0.25, 0.3) is 0 Å². The quantitative estimate of drug-likeness (QED) is 0.488. The fourth-order valence-corrected chi connectivity index (χ4v) is 2.60. The number of sulfonamides is 1. The standard InChI is InChI=1S/C14H11ClN2O6S/c15-12-6-5-10(24(16,21)22)7-11(12)14(18)23-8-9-3-1-2-4-13(9)17(19)20/h1-7H,8H2,(H2,16,21,22). The Morgan fingerprint density at radius 3 is 2.54 bits per heavy atom. The molecule has 0 fully saturated rings. The van der Waals surface area contributed by atoms with Crippen LogP contribution in [0.3, 0.4) is 0 Å². The van der Waals surface area contributed by atoms with Gasteiger partial charge in [-0.15, -0.1) is 0 Å². The maximum Gasteiger partial charge on any atom is 0.340 e. The van der Waals surface area contributed by atoms with Gasteiger partial charge in [0.15, 0.2) is 0 Å². The van der Waals surface area contributed by atoms with Crippen molar-refractivity contribution in [1.29, 1.82) is 0 Å². The number of esters is 1. The molecule has 0 spiro atoms. The van der Waals surface area contributed by atoms with E-state index in [4.69, 9.17) is 21.5 Å². The number of rotatable bonds is 5. The average molecular weight is 371 g/mol. The van der Waals surface area contributed by atoms with Gasteiger partial charge in [0.2, 0.25) is 10.0 Å². The molecule has 0 aliphatic rings. The highest BCUT2D eigenvalue weighted by atomic mass is 35.5. The highest BCUT2D eigenvalue weighted by Gasteiger charge is 2.19. The first-order valence-electron chi connectivity index (χ1n) is 6.42. The van der Waals surface area contributed by atoms with E-state index < -0.39 is 20.9 Å². The summed E-state index contributed by atoms with van der Waals surface area (Å²) in [6.07, 6.45) is 0. The molecule has 0 aliphatic carbocycles. The van der Waals surface area contributed by atoms with E-state index >= 15 is 0 Å². The Morgan fingerprint density at radius 1 is 1.25 bits per heavy atom. The van der Waals surface area contributed by atoms with E-state index in [0.717, 1.165) is 12.1 Å². The van der Waals surface area contributed by atoms with E-state index in [1.54, 1.807) is 6.07 Å². The number of nitrogens with two attached hydrogens (primary N) is 1. The van der Waals surface area contributed by atoms with Crippen LogP contribution in [0, 0.1) is 10.1 Å². The van der Waals surface area contributed by atoms with Crippen molar-refractivity contribution in [2.45, 2.75) is 11.5 Å². The van der Waals surface area contributed by atoms with Gasteiger partial charge in [-0.2, -0.15) is 0 Å². The van der Waals surface area contributed by atoms with Crippen molar-refractivity contribution in [3.05, 3.63) is 68.7 Å². The predicted octanol–water partition coefficient (Wildman–Crippen LogP) is 2.25. The number of para-hydroxylation sites is 1. The second-order valence-corrected chi connectivity index (χ2v) is 6.62. The fourth-order valence-electron chi connectivity index (χ4n) is 1.87. The van der Waals surface area contributed by atoms with Gasteiger partial charge in [0, 0.05) is 6.07 Å². The fraction of sp³-hybridized carbons (Fsp3) is 0.0714. The number of carbonyl (C=O) groups is 1. The monoisotopic (exact) mass is 370 g/mol.